The summed E-state index contributed by atoms with van der Waals surface area (Å²) in [5.74, 6) is 0.617. The summed E-state index contributed by atoms with van der Waals surface area (Å²) in [6.45, 7) is 3.48. The van der Waals surface area contributed by atoms with Gasteiger partial charge in [0.05, 0.1) is 25.4 Å². The van der Waals surface area contributed by atoms with Gasteiger partial charge in [-0.15, -0.1) is 11.6 Å². The van der Waals surface area contributed by atoms with Gasteiger partial charge in [-0.25, -0.2) is 4.79 Å². The van der Waals surface area contributed by atoms with Crippen molar-refractivity contribution < 1.29 is 19.1 Å². The van der Waals surface area contributed by atoms with E-state index in [4.69, 9.17) is 32.7 Å². The van der Waals surface area contributed by atoms with Crippen molar-refractivity contribution in [2.75, 3.05) is 31.5 Å². The molecular weight excluding hydrogens is 489 g/mol. The number of methoxy groups -OCH3 is 1. The first-order valence-electron chi connectivity index (χ1n) is 12.0. The maximum absolute atomic E-state index is 13.4. The SMILES string of the molecule is CCCCCOc1cc(NC(=O)N2CCC[C@@H]2c2ccccc2Cl)c(CNC(=O)CCl)cc1OC. The number of carbonyl (C=O) groups excluding carboxylic acids is 2. The second-order valence-electron chi connectivity index (χ2n) is 8.43. The van der Waals surface area contributed by atoms with Gasteiger partial charge in [-0.3, -0.25) is 4.79 Å². The molecule has 0 radical (unpaired) electrons. The fraction of sp³-hybridized carbons (Fsp3) is 0.462. The van der Waals surface area contributed by atoms with E-state index in [0.29, 0.717) is 40.9 Å². The topological polar surface area (TPSA) is 79.9 Å². The number of halogens is 2. The Labute approximate surface area is 217 Å². The molecule has 35 heavy (non-hydrogen) atoms. The highest BCUT2D eigenvalue weighted by Gasteiger charge is 2.31. The summed E-state index contributed by atoms with van der Waals surface area (Å²) < 4.78 is 11.5. The Bertz CT molecular complexity index is 1020. The first-order chi connectivity index (χ1) is 17.0. The van der Waals surface area contributed by atoms with Crippen LogP contribution in [0, 0.1) is 0 Å². The Morgan fingerprint density at radius 2 is 1.97 bits per heavy atom. The van der Waals surface area contributed by atoms with E-state index in [1.54, 1.807) is 24.1 Å². The van der Waals surface area contributed by atoms with E-state index >= 15 is 0 Å². The van der Waals surface area contributed by atoms with Crippen molar-refractivity contribution in [3.05, 3.63) is 52.5 Å². The third kappa shape index (κ3) is 7.18. The molecule has 9 heteroatoms. The Hall–Kier alpha value is -2.64. The lowest BCUT2D eigenvalue weighted by Crippen LogP contribution is -2.35. The molecule has 1 aliphatic heterocycles. The Balaban J connectivity index is 1.85. The van der Waals surface area contributed by atoms with Crippen molar-refractivity contribution in [1.29, 1.82) is 0 Å². The number of amides is 3. The number of nitrogens with one attached hydrogen (secondary N) is 2. The molecule has 2 N–H and O–H groups in total. The van der Waals surface area contributed by atoms with E-state index in [-0.39, 0.29) is 30.4 Å². The molecular formula is C26H33Cl2N3O4. The van der Waals surface area contributed by atoms with Crippen molar-refractivity contribution in [3.63, 3.8) is 0 Å². The minimum absolute atomic E-state index is 0.105. The average molecular weight is 522 g/mol. The van der Waals surface area contributed by atoms with Gasteiger partial charge in [0.25, 0.3) is 0 Å². The summed E-state index contributed by atoms with van der Waals surface area (Å²) in [7, 11) is 1.56. The van der Waals surface area contributed by atoms with Gasteiger partial charge in [-0.1, -0.05) is 49.6 Å². The first kappa shape index (κ1) is 27.0. The molecule has 0 unspecified atom stereocenters. The Kier molecular flexibility index (Phi) is 10.4. The summed E-state index contributed by atoms with van der Waals surface area (Å²) >= 11 is 12.1. The maximum Gasteiger partial charge on any atom is 0.322 e. The zero-order valence-corrected chi connectivity index (χ0v) is 21.8. The molecule has 0 bridgehead atoms. The number of alkyl halides is 1. The molecule has 0 saturated carbocycles. The summed E-state index contributed by atoms with van der Waals surface area (Å²) in [4.78, 5) is 27.0. The lowest BCUT2D eigenvalue weighted by molar-refractivity contribution is -0.118. The number of urea groups is 1. The molecule has 190 valence electrons. The van der Waals surface area contributed by atoms with E-state index < -0.39 is 0 Å². The molecule has 1 heterocycles. The largest absolute Gasteiger partial charge is 0.493 e. The molecule has 1 saturated heterocycles. The molecule has 3 rings (SSSR count). The zero-order chi connectivity index (χ0) is 25.2. The van der Waals surface area contributed by atoms with Crippen molar-refractivity contribution >= 4 is 40.8 Å². The van der Waals surface area contributed by atoms with E-state index in [1.807, 2.05) is 24.3 Å². The van der Waals surface area contributed by atoms with Crippen LogP contribution in [0.4, 0.5) is 10.5 Å². The van der Waals surface area contributed by atoms with Crippen LogP contribution in [0.15, 0.2) is 36.4 Å². The summed E-state index contributed by atoms with van der Waals surface area (Å²) in [5, 5.41) is 6.43. The summed E-state index contributed by atoms with van der Waals surface area (Å²) in [6.07, 6.45) is 4.79. The summed E-state index contributed by atoms with van der Waals surface area (Å²) in [6, 6.07) is 10.8. The molecule has 0 aromatic heterocycles. The van der Waals surface area contributed by atoms with Crippen molar-refractivity contribution in [1.82, 2.24) is 10.2 Å². The van der Waals surface area contributed by atoms with Crippen LogP contribution < -0.4 is 20.1 Å². The predicted octanol–water partition coefficient (Wildman–Crippen LogP) is 6.14. The van der Waals surface area contributed by atoms with Gasteiger partial charge >= 0.3 is 6.03 Å². The average Bonchev–Trinajstić information content (AvgIpc) is 3.36. The number of hydrogen-bond acceptors (Lipinski definition) is 4. The molecule has 1 fully saturated rings. The molecule has 2 aromatic carbocycles. The number of rotatable bonds is 11. The normalized spacial score (nSPS) is 15.1. The summed E-state index contributed by atoms with van der Waals surface area (Å²) in [5.41, 5.74) is 2.16. The monoisotopic (exact) mass is 521 g/mol. The molecule has 1 aliphatic rings. The number of benzene rings is 2. The van der Waals surface area contributed by atoms with Crippen LogP contribution in [0.2, 0.25) is 5.02 Å². The van der Waals surface area contributed by atoms with Crippen molar-refractivity contribution in [3.8, 4) is 11.5 Å². The minimum Gasteiger partial charge on any atom is -0.493 e. The standard InChI is InChI=1S/C26H33Cl2N3O4/c1-3-4-7-13-35-24-15-21(18(14-23(24)34-2)17-29-25(32)16-27)30-26(33)31-12-8-11-22(31)19-9-5-6-10-20(19)28/h5-6,9-10,14-15,22H,3-4,7-8,11-13,16-17H2,1-2H3,(H,29,32)(H,30,33)/t22-/m1/s1. The van der Waals surface area contributed by atoms with Crippen molar-refractivity contribution in [2.45, 2.75) is 51.6 Å². The van der Waals surface area contributed by atoms with E-state index in [2.05, 4.69) is 17.6 Å². The second kappa shape index (κ2) is 13.4. The maximum atomic E-state index is 13.4. The van der Waals surface area contributed by atoms with Crippen LogP contribution in [0.3, 0.4) is 0 Å². The van der Waals surface area contributed by atoms with Crippen LogP contribution in [-0.2, 0) is 11.3 Å². The van der Waals surface area contributed by atoms with Gasteiger partial charge in [-0.05, 0) is 42.5 Å². The van der Waals surface area contributed by atoms with Crippen molar-refractivity contribution in [2.24, 2.45) is 0 Å². The molecule has 0 spiro atoms. The third-order valence-corrected chi connectivity index (χ3v) is 6.60. The molecule has 2 aromatic rings. The molecule has 0 aliphatic carbocycles. The van der Waals surface area contributed by atoms with Crippen LogP contribution in [0.5, 0.6) is 11.5 Å². The van der Waals surface area contributed by atoms with E-state index in [9.17, 15) is 9.59 Å². The van der Waals surface area contributed by atoms with Gasteiger partial charge in [0.15, 0.2) is 11.5 Å². The number of ether oxygens (including phenoxy) is 2. The number of carbonyl (C=O) groups is 2. The number of likely N-dealkylation sites (tertiary alicyclic amines) is 1. The highest BCUT2D eigenvalue weighted by molar-refractivity contribution is 6.31. The van der Waals surface area contributed by atoms with Crippen LogP contribution in [-0.4, -0.2) is 43.0 Å². The van der Waals surface area contributed by atoms with Gasteiger partial charge in [0.2, 0.25) is 5.91 Å². The van der Waals surface area contributed by atoms with Crippen LogP contribution >= 0.6 is 23.2 Å². The van der Waals surface area contributed by atoms with Gasteiger partial charge < -0.3 is 25.0 Å². The number of anilines is 1. The predicted molar refractivity (Wildman–Crippen MR) is 140 cm³/mol. The zero-order valence-electron chi connectivity index (χ0n) is 20.2. The Morgan fingerprint density at radius 3 is 2.69 bits per heavy atom. The van der Waals surface area contributed by atoms with Gasteiger partial charge in [0.1, 0.15) is 5.88 Å². The fourth-order valence-corrected chi connectivity index (χ4v) is 4.53. The third-order valence-electron chi connectivity index (χ3n) is 6.01. The van der Waals surface area contributed by atoms with Crippen LogP contribution in [0.1, 0.15) is 56.2 Å². The highest BCUT2D eigenvalue weighted by Crippen LogP contribution is 2.38. The molecule has 7 nitrogen and oxygen atoms in total. The lowest BCUT2D eigenvalue weighted by atomic mass is 10.0. The fourth-order valence-electron chi connectivity index (χ4n) is 4.18. The second-order valence-corrected chi connectivity index (χ2v) is 9.10. The number of unbranched alkanes of at least 4 members (excludes halogenated alkanes) is 2. The van der Waals surface area contributed by atoms with E-state index in [0.717, 1.165) is 37.7 Å². The molecule has 1 atom stereocenters. The first-order valence-corrected chi connectivity index (χ1v) is 12.9. The quantitative estimate of drug-likeness (QED) is 0.274. The van der Waals surface area contributed by atoms with E-state index in [1.165, 1.54) is 0 Å². The van der Waals surface area contributed by atoms with Crippen LogP contribution in [0.25, 0.3) is 0 Å². The van der Waals surface area contributed by atoms with Gasteiger partial charge in [-0.2, -0.15) is 0 Å². The highest BCUT2D eigenvalue weighted by atomic mass is 35.5. The van der Waals surface area contributed by atoms with Gasteiger partial charge in [0, 0.05) is 24.2 Å². The number of hydrogen-bond donors (Lipinski definition) is 2. The number of nitrogens with zero attached hydrogens (tertiary/aromatic N) is 1. The lowest BCUT2D eigenvalue weighted by Gasteiger charge is -2.27. The smallest absolute Gasteiger partial charge is 0.322 e. The Morgan fingerprint density at radius 1 is 1.17 bits per heavy atom. The minimum atomic E-state index is -0.305. The molecule has 3 amide bonds.